The van der Waals surface area contributed by atoms with Crippen molar-refractivity contribution < 1.29 is 12.8 Å². The van der Waals surface area contributed by atoms with Gasteiger partial charge >= 0.3 is 0 Å². The van der Waals surface area contributed by atoms with Crippen LogP contribution < -0.4 is 15.4 Å². The maximum absolute atomic E-state index is 14.2. The number of benzene rings is 3. The van der Waals surface area contributed by atoms with Crippen LogP contribution in [0.25, 0.3) is 10.8 Å². The van der Waals surface area contributed by atoms with E-state index in [1.165, 1.54) is 16.4 Å². The number of aromatic nitrogens is 2. The quantitative estimate of drug-likeness (QED) is 0.386. The number of para-hydroxylation sites is 1. The number of aromatic amines is 1. The molecule has 40 heavy (non-hydrogen) atoms. The SMILES string of the molecule is O=c1cc(CN2CCN(c3ccccc3F)CC2)nc(N2CCN(S(=O)(=O)c3ccc4ccccc4c3)CC2)[nH]1. The zero-order chi connectivity index (χ0) is 27.7. The lowest BCUT2D eigenvalue weighted by Crippen LogP contribution is -2.49. The molecule has 2 fully saturated rings. The van der Waals surface area contributed by atoms with Gasteiger partial charge in [-0.1, -0.05) is 42.5 Å². The summed E-state index contributed by atoms with van der Waals surface area (Å²) in [5.41, 5.74) is 1.03. The first-order chi connectivity index (χ1) is 19.4. The molecule has 0 amide bonds. The van der Waals surface area contributed by atoms with Gasteiger partial charge in [-0.25, -0.2) is 17.8 Å². The lowest BCUT2D eigenvalue weighted by molar-refractivity contribution is 0.246. The predicted molar refractivity (Wildman–Crippen MR) is 154 cm³/mol. The Morgan fingerprint density at radius 3 is 2.20 bits per heavy atom. The number of fused-ring (bicyclic) bond motifs is 1. The Balaban J connectivity index is 1.09. The maximum atomic E-state index is 14.2. The fourth-order valence-corrected chi connectivity index (χ4v) is 6.88. The van der Waals surface area contributed by atoms with Crippen molar-refractivity contribution in [3.8, 4) is 0 Å². The van der Waals surface area contributed by atoms with Crippen molar-refractivity contribution in [3.05, 3.63) is 94.7 Å². The second-order valence-corrected chi connectivity index (χ2v) is 12.1. The Hall–Kier alpha value is -3.80. The maximum Gasteiger partial charge on any atom is 0.252 e. The molecule has 0 spiro atoms. The van der Waals surface area contributed by atoms with E-state index in [1.807, 2.05) is 46.2 Å². The Bertz CT molecular complexity index is 1680. The lowest BCUT2D eigenvalue weighted by atomic mass is 10.1. The van der Waals surface area contributed by atoms with Gasteiger partial charge in [0, 0.05) is 65.0 Å². The van der Waals surface area contributed by atoms with Crippen LogP contribution in [0.3, 0.4) is 0 Å². The second kappa shape index (κ2) is 11.0. The zero-order valence-electron chi connectivity index (χ0n) is 22.0. The molecule has 9 nitrogen and oxygen atoms in total. The molecule has 11 heteroatoms. The summed E-state index contributed by atoms with van der Waals surface area (Å²) in [6.45, 7) is 4.75. The highest BCUT2D eigenvalue weighted by Crippen LogP contribution is 2.24. The topological polar surface area (TPSA) is 92.8 Å². The van der Waals surface area contributed by atoms with Gasteiger partial charge in [0.2, 0.25) is 16.0 Å². The van der Waals surface area contributed by atoms with E-state index >= 15 is 0 Å². The molecule has 6 rings (SSSR count). The van der Waals surface area contributed by atoms with Crippen LogP contribution in [-0.2, 0) is 16.6 Å². The monoisotopic (exact) mass is 562 g/mol. The first-order valence-electron chi connectivity index (χ1n) is 13.4. The number of hydrogen-bond donors (Lipinski definition) is 1. The van der Waals surface area contributed by atoms with Gasteiger partial charge in [-0.2, -0.15) is 4.31 Å². The van der Waals surface area contributed by atoms with Crippen LogP contribution in [0.4, 0.5) is 16.0 Å². The minimum absolute atomic E-state index is 0.220. The van der Waals surface area contributed by atoms with E-state index in [1.54, 1.807) is 24.3 Å². The molecule has 0 unspecified atom stereocenters. The van der Waals surface area contributed by atoms with Crippen LogP contribution in [0, 0.1) is 5.82 Å². The molecule has 1 aromatic heterocycles. The van der Waals surface area contributed by atoms with Crippen LogP contribution >= 0.6 is 0 Å². The Kier molecular flexibility index (Phi) is 7.26. The highest BCUT2D eigenvalue weighted by Gasteiger charge is 2.30. The molecule has 0 aliphatic carbocycles. The summed E-state index contributed by atoms with van der Waals surface area (Å²) in [5, 5.41) is 1.88. The Labute approximate surface area is 232 Å². The molecule has 0 saturated carbocycles. The molecule has 2 aliphatic heterocycles. The summed E-state index contributed by atoms with van der Waals surface area (Å²) < 4.78 is 42.3. The molecule has 0 atom stereocenters. The van der Waals surface area contributed by atoms with Gasteiger partial charge in [0.05, 0.1) is 16.3 Å². The summed E-state index contributed by atoms with van der Waals surface area (Å²) in [6, 6.07) is 21.2. The van der Waals surface area contributed by atoms with E-state index in [4.69, 9.17) is 4.98 Å². The fraction of sp³-hybridized carbons (Fsp3) is 0.310. The summed E-state index contributed by atoms with van der Waals surface area (Å²) >= 11 is 0. The van der Waals surface area contributed by atoms with Crippen molar-refractivity contribution in [1.29, 1.82) is 0 Å². The molecule has 2 aliphatic rings. The molecule has 3 aromatic carbocycles. The van der Waals surface area contributed by atoms with Crippen molar-refractivity contribution in [2.45, 2.75) is 11.4 Å². The van der Waals surface area contributed by atoms with E-state index in [-0.39, 0.29) is 16.3 Å². The van der Waals surface area contributed by atoms with Crippen LogP contribution in [-0.4, -0.2) is 79.9 Å². The average molecular weight is 563 g/mol. The average Bonchev–Trinajstić information content (AvgIpc) is 2.97. The fourth-order valence-electron chi connectivity index (χ4n) is 5.43. The van der Waals surface area contributed by atoms with E-state index in [2.05, 4.69) is 9.88 Å². The summed E-state index contributed by atoms with van der Waals surface area (Å²) in [6.07, 6.45) is 0. The third kappa shape index (κ3) is 5.45. The van der Waals surface area contributed by atoms with Crippen molar-refractivity contribution in [1.82, 2.24) is 19.2 Å². The second-order valence-electron chi connectivity index (χ2n) is 10.2. The Morgan fingerprint density at radius 1 is 0.775 bits per heavy atom. The third-order valence-corrected chi connectivity index (χ3v) is 9.52. The molecule has 208 valence electrons. The number of hydrogen-bond acceptors (Lipinski definition) is 7. The van der Waals surface area contributed by atoms with Crippen molar-refractivity contribution in [2.75, 3.05) is 62.2 Å². The predicted octanol–water partition coefficient (Wildman–Crippen LogP) is 2.90. The summed E-state index contributed by atoms with van der Waals surface area (Å²) in [5.74, 6) is 0.234. The van der Waals surface area contributed by atoms with Crippen molar-refractivity contribution >= 4 is 32.4 Å². The molecular weight excluding hydrogens is 531 g/mol. The van der Waals surface area contributed by atoms with Gasteiger partial charge in [-0.3, -0.25) is 14.7 Å². The third-order valence-electron chi connectivity index (χ3n) is 7.63. The smallest absolute Gasteiger partial charge is 0.252 e. The number of nitrogens with zero attached hydrogens (tertiary/aromatic N) is 5. The number of anilines is 2. The summed E-state index contributed by atoms with van der Waals surface area (Å²) in [4.78, 5) is 26.5. The number of sulfonamides is 1. The number of halogens is 1. The molecule has 3 heterocycles. The van der Waals surface area contributed by atoms with Crippen LogP contribution in [0.1, 0.15) is 5.69 Å². The molecule has 0 radical (unpaired) electrons. The number of H-pyrrole nitrogens is 1. The normalized spacial score (nSPS) is 17.4. The summed E-state index contributed by atoms with van der Waals surface area (Å²) in [7, 11) is -3.64. The Morgan fingerprint density at radius 2 is 1.45 bits per heavy atom. The highest BCUT2D eigenvalue weighted by molar-refractivity contribution is 7.89. The van der Waals surface area contributed by atoms with E-state index < -0.39 is 10.0 Å². The first kappa shape index (κ1) is 26.4. The minimum atomic E-state index is -3.64. The lowest BCUT2D eigenvalue weighted by Gasteiger charge is -2.36. The number of nitrogens with one attached hydrogen (secondary N) is 1. The van der Waals surface area contributed by atoms with Crippen LogP contribution in [0.15, 0.2) is 82.5 Å². The van der Waals surface area contributed by atoms with Gasteiger partial charge in [-0.15, -0.1) is 0 Å². The molecule has 2 saturated heterocycles. The number of rotatable bonds is 6. The van der Waals surface area contributed by atoms with Crippen molar-refractivity contribution in [2.24, 2.45) is 0 Å². The zero-order valence-corrected chi connectivity index (χ0v) is 22.9. The molecule has 4 aromatic rings. The molecular formula is C29H31FN6O3S. The molecule has 0 bridgehead atoms. The van der Waals surface area contributed by atoms with E-state index in [9.17, 15) is 17.6 Å². The van der Waals surface area contributed by atoms with Crippen molar-refractivity contribution in [3.63, 3.8) is 0 Å². The highest BCUT2D eigenvalue weighted by atomic mass is 32.2. The first-order valence-corrected chi connectivity index (χ1v) is 14.9. The van der Waals surface area contributed by atoms with Gasteiger partial charge in [0.1, 0.15) is 5.82 Å². The standard InChI is InChI=1S/C29H31FN6O3S/c30-26-7-3-4-8-27(26)34-13-11-33(12-14-34)21-24-20-28(37)32-29(31-24)35-15-17-36(18-16-35)40(38,39)25-10-9-22-5-1-2-6-23(22)19-25/h1-10,19-20H,11-18,21H2,(H,31,32,37). The van der Waals surface area contributed by atoms with Gasteiger partial charge < -0.3 is 9.80 Å². The van der Waals surface area contributed by atoms with Crippen LogP contribution in [0.2, 0.25) is 0 Å². The van der Waals surface area contributed by atoms with E-state index in [0.29, 0.717) is 63.1 Å². The van der Waals surface area contributed by atoms with Crippen LogP contribution in [0.5, 0.6) is 0 Å². The molecule has 1 N–H and O–H groups in total. The van der Waals surface area contributed by atoms with Gasteiger partial charge in [0.25, 0.3) is 5.56 Å². The number of piperazine rings is 2. The minimum Gasteiger partial charge on any atom is -0.367 e. The van der Waals surface area contributed by atoms with Gasteiger partial charge in [0.15, 0.2) is 0 Å². The van der Waals surface area contributed by atoms with Gasteiger partial charge in [-0.05, 0) is 35.0 Å². The largest absolute Gasteiger partial charge is 0.367 e. The van der Waals surface area contributed by atoms with E-state index in [0.717, 1.165) is 23.9 Å².